The second-order valence-corrected chi connectivity index (χ2v) is 7.02. The summed E-state index contributed by atoms with van der Waals surface area (Å²) in [5.74, 6) is -0.566. The molecule has 0 aliphatic carbocycles. The van der Waals surface area contributed by atoms with Gasteiger partial charge in [-0.2, -0.15) is 13.2 Å². The fourth-order valence-electron chi connectivity index (χ4n) is 3.23. The van der Waals surface area contributed by atoms with Crippen molar-refractivity contribution in [2.45, 2.75) is 37.6 Å². The lowest BCUT2D eigenvalue weighted by Crippen LogP contribution is -2.27. The van der Waals surface area contributed by atoms with Gasteiger partial charge in [0.05, 0.1) is 26.0 Å². The molecule has 0 radical (unpaired) electrons. The van der Waals surface area contributed by atoms with Crippen LogP contribution >= 0.6 is 0 Å². The van der Waals surface area contributed by atoms with Crippen molar-refractivity contribution in [1.29, 1.82) is 0 Å². The van der Waals surface area contributed by atoms with Crippen LogP contribution < -0.4 is 10.1 Å². The molecule has 1 aliphatic rings. The molecule has 11 heteroatoms. The molecule has 3 rings (SSSR count). The van der Waals surface area contributed by atoms with E-state index >= 15 is 0 Å². The van der Waals surface area contributed by atoms with E-state index < -0.39 is 36.7 Å². The van der Waals surface area contributed by atoms with Crippen molar-refractivity contribution in [1.82, 2.24) is 4.98 Å². The number of methoxy groups -OCH3 is 1. The summed E-state index contributed by atoms with van der Waals surface area (Å²) in [6, 6.07) is 5.79. The summed E-state index contributed by atoms with van der Waals surface area (Å²) >= 11 is 0. The van der Waals surface area contributed by atoms with Gasteiger partial charge in [0.2, 0.25) is 6.41 Å². The van der Waals surface area contributed by atoms with Gasteiger partial charge in [0.1, 0.15) is 17.7 Å². The first-order chi connectivity index (χ1) is 15.1. The molecule has 0 saturated carbocycles. The Morgan fingerprint density at radius 1 is 1.38 bits per heavy atom. The average molecular weight is 460 g/mol. The van der Waals surface area contributed by atoms with Crippen LogP contribution in [0.2, 0.25) is 0 Å². The van der Waals surface area contributed by atoms with Crippen LogP contribution in [0.1, 0.15) is 35.3 Å². The maximum Gasteiger partial charge on any atom is 0.414 e. The van der Waals surface area contributed by atoms with Gasteiger partial charge in [0.15, 0.2) is 6.10 Å². The number of aliphatic hydroxyl groups is 2. The molecule has 1 aromatic heterocycles. The van der Waals surface area contributed by atoms with Gasteiger partial charge in [-0.3, -0.25) is 9.78 Å². The second kappa shape index (κ2) is 11.2. The third-order valence-electron chi connectivity index (χ3n) is 4.90. The predicted molar refractivity (Wildman–Crippen MR) is 107 cm³/mol. The van der Waals surface area contributed by atoms with E-state index in [1.165, 1.54) is 38.4 Å². The Bertz CT molecular complexity index is 910. The summed E-state index contributed by atoms with van der Waals surface area (Å²) in [5.41, 5.74) is 1.73. The monoisotopic (exact) mass is 460 g/mol. The molecule has 2 heterocycles. The summed E-state index contributed by atoms with van der Waals surface area (Å²) in [5, 5.41) is 20.2. The van der Waals surface area contributed by atoms with Gasteiger partial charge >= 0.3 is 6.18 Å². The molecule has 1 amide bonds. The quantitative estimate of drug-likeness (QED) is 0.452. The number of alkyl halides is 3. The summed E-state index contributed by atoms with van der Waals surface area (Å²) < 4.78 is 61.0. The number of hydrogen-bond acceptors (Lipinski definition) is 6. The fourth-order valence-corrected chi connectivity index (χ4v) is 3.23. The summed E-state index contributed by atoms with van der Waals surface area (Å²) in [4.78, 5) is 13.9. The number of ether oxygens (including phenoxy) is 2. The molecule has 3 atom stereocenters. The van der Waals surface area contributed by atoms with E-state index in [0.717, 1.165) is 0 Å². The van der Waals surface area contributed by atoms with Crippen LogP contribution in [0.25, 0.3) is 0 Å². The van der Waals surface area contributed by atoms with Crippen molar-refractivity contribution < 1.29 is 42.0 Å². The highest BCUT2D eigenvalue weighted by Crippen LogP contribution is 2.41. The highest BCUT2D eigenvalue weighted by molar-refractivity contribution is 5.70. The van der Waals surface area contributed by atoms with Crippen LogP contribution in [0.4, 0.5) is 23.2 Å². The number of hydrogen-bond donors (Lipinski definition) is 3. The SMILES string of the molecule is COc1c(C2COC(C(F)(F)F)C2)ccc(F)c1C.O=CNc1ccnc(C(O)CO)c1. The molecule has 2 aromatic rings. The Kier molecular flexibility index (Phi) is 8.93. The number of aliphatic hydroxyl groups excluding tert-OH is 2. The average Bonchev–Trinajstić information content (AvgIpc) is 3.26. The zero-order chi connectivity index (χ0) is 23.9. The first-order valence-electron chi connectivity index (χ1n) is 9.58. The number of pyridine rings is 1. The van der Waals surface area contributed by atoms with Gasteiger partial charge in [-0.1, -0.05) is 6.07 Å². The normalized spacial score (nSPS) is 19.0. The third-order valence-corrected chi connectivity index (χ3v) is 4.90. The molecule has 3 N–H and O–H groups in total. The van der Waals surface area contributed by atoms with Crippen molar-refractivity contribution >= 4 is 12.1 Å². The van der Waals surface area contributed by atoms with E-state index in [1.807, 2.05) is 0 Å². The van der Waals surface area contributed by atoms with Crippen LogP contribution in [0, 0.1) is 12.7 Å². The minimum Gasteiger partial charge on any atom is -0.496 e. The van der Waals surface area contributed by atoms with Crippen molar-refractivity contribution in [2.24, 2.45) is 0 Å². The summed E-state index contributed by atoms with van der Waals surface area (Å²) in [6.07, 6.45) is -5.31. The number of carbonyl (C=O) groups excluding carboxylic acids is 1. The van der Waals surface area contributed by atoms with Crippen molar-refractivity contribution in [3.8, 4) is 5.75 Å². The van der Waals surface area contributed by atoms with Crippen molar-refractivity contribution in [3.63, 3.8) is 0 Å². The predicted octanol–water partition coefficient (Wildman–Crippen LogP) is 3.25. The lowest BCUT2D eigenvalue weighted by atomic mass is 9.93. The van der Waals surface area contributed by atoms with Gasteiger partial charge in [-0.05, 0) is 31.5 Å². The Hall–Kier alpha value is -2.76. The van der Waals surface area contributed by atoms with Gasteiger partial charge in [0.25, 0.3) is 0 Å². The molecule has 7 nitrogen and oxygen atoms in total. The van der Waals surface area contributed by atoms with Crippen LogP contribution in [-0.2, 0) is 9.53 Å². The molecule has 1 aliphatic heterocycles. The molecule has 3 unspecified atom stereocenters. The summed E-state index contributed by atoms with van der Waals surface area (Å²) in [6.45, 7) is 1.11. The molecule has 0 spiro atoms. The smallest absolute Gasteiger partial charge is 0.414 e. The highest BCUT2D eigenvalue weighted by Gasteiger charge is 2.46. The van der Waals surface area contributed by atoms with E-state index in [2.05, 4.69) is 10.3 Å². The Morgan fingerprint density at radius 2 is 2.09 bits per heavy atom. The Labute approximate surface area is 182 Å². The number of rotatable bonds is 6. The van der Waals surface area contributed by atoms with E-state index in [9.17, 15) is 27.5 Å². The topological polar surface area (TPSA) is 101 Å². The van der Waals surface area contributed by atoms with E-state index in [-0.39, 0.29) is 13.0 Å². The van der Waals surface area contributed by atoms with Crippen molar-refractivity contribution in [2.75, 3.05) is 25.6 Å². The number of nitrogens with zero attached hydrogens (tertiary/aromatic N) is 1. The van der Waals surface area contributed by atoms with Gasteiger partial charge in [-0.25, -0.2) is 4.39 Å². The van der Waals surface area contributed by atoms with Gasteiger partial charge in [-0.15, -0.1) is 0 Å². The fraction of sp³-hybridized carbons (Fsp3) is 0.429. The standard InChI is InChI=1S/C13H14F4O2.C8H10N2O3/c1-7-10(14)4-3-9(12(7)18-2)8-5-11(19-6-8)13(15,16)17;11-4-8(13)7-3-6(10-5-12)1-2-9-7/h3-4,8,11H,5-6H2,1-2H3;1-3,5,8,11,13H,4H2,(H,9,10,12). The van der Waals surface area contributed by atoms with E-state index in [1.54, 1.807) is 6.07 Å². The minimum absolute atomic E-state index is 0.0361. The van der Waals surface area contributed by atoms with Crippen LogP contribution in [0.3, 0.4) is 0 Å². The van der Waals surface area contributed by atoms with Crippen LogP contribution in [0.15, 0.2) is 30.5 Å². The first kappa shape index (κ1) is 25.5. The largest absolute Gasteiger partial charge is 0.496 e. The van der Waals surface area contributed by atoms with Crippen molar-refractivity contribution in [3.05, 3.63) is 53.1 Å². The van der Waals surface area contributed by atoms with E-state index in [0.29, 0.717) is 34.7 Å². The molecular weight excluding hydrogens is 436 g/mol. The maximum absolute atomic E-state index is 13.4. The van der Waals surface area contributed by atoms with Gasteiger partial charge < -0.3 is 25.0 Å². The number of nitrogens with one attached hydrogen (secondary N) is 1. The lowest BCUT2D eigenvalue weighted by Gasteiger charge is -2.16. The van der Waals surface area contributed by atoms with Gasteiger partial charge in [0, 0.05) is 28.9 Å². The first-order valence-corrected chi connectivity index (χ1v) is 9.58. The minimum atomic E-state index is -4.36. The molecule has 0 bridgehead atoms. The number of benzene rings is 1. The Morgan fingerprint density at radius 3 is 2.66 bits per heavy atom. The second-order valence-electron chi connectivity index (χ2n) is 7.02. The third kappa shape index (κ3) is 6.38. The molecule has 176 valence electrons. The van der Waals surface area contributed by atoms with E-state index in [4.69, 9.17) is 14.6 Å². The van der Waals surface area contributed by atoms with Crippen LogP contribution in [-0.4, -0.2) is 54.2 Å². The van der Waals surface area contributed by atoms with Crippen LogP contribution in [0.5, 0.6) is 5.75 Å². The molecule has 1 aromatic carbocycles. The lowest BCUT2D eigenvalue weighted by molar-refractivity contribution is -0.206. The number of anilines is 1. The number of halogens is 4. The molecule has 32 heavy (non-hydrogen) atoms. The number of amides is 1. The molecule has 1 fully saturated rings. The zero-order valence-corrected chi connectivity index (χ0v) is 17.4. The summed E-state index contributed by atoms with van der Waals surface area (Å²) in [7, 11) is 1.38. The highest BCUT2D eigenvalue weighted by atomic mass is 19.4. The zero-order valence-electron chi connectivity index (χ0n) is 17.4. The number of carbonyl (C=O) groups is 1. The molecular formula is C21H24F4N2O5. The maximum atomic E-state index is 13.4. The number of aromatic nitrogens is 1. The molecule has 1 saturated heterocycles. The Balaban J connectivity index is 0.000000244.